The number of aromatic nitrogens is 4. The second-order valence-electron chi connectivity index (χ2n) is 7.74. The number of rotatable bonds is 6. The molecule has 2 aromatic carbocycles. The Morgan fingerprint density at radius 1 is 0.946 bits per heavy atom. The first-order chi connectivity index (χ1) is 17.2. The molecule has 0 spiro atoms. The third-order valence-electron chi connectivity index (χ3n) is 5.15. The number of aliphatic hydroxyl groups excluding tert-OH is 1. The number of hydrogen-bond acceptors (Lipinski definition) is 6. The molecule has 196 valence electrons. The van der Waals surface area contributed by atoms with Crippen LogP contribution in [-0.4, -0.2) is 42.9 Å². The summed E-state index contributed by atoms with van der Waals surface area (Å²) in [6, 6.07) is 10.7. The maximum Gasteiger partial charge on any atom is 0.573 e. The summed E-state index contributed by atoms with van der Waals surface area (Å²) in [4.78, 5) is 30.6. The van der Waals surface area contributed by atoms with Gasteiger partial charge in [-0.2, -0.15) is 13.2 Å². The van der Waals surface area contributed by atoms with Crippen molar-refractivity contribution in [1.82, 2.24) is 19.1 Å². The van der Waals surface area contributed by atoms with Crippen LogP contribution in [0.1, 0.15) is 0 Å². The molecule has 0 radical (unpaired) electrons. The van der Waals surface area contributed by atoms with Gasteiger partial charge < -0.3 is 19.1 Å². The van der Waals surface area contributed by atoms with Crippen molar-refractivity contribution in [3.8, 4) is 28.6 Å². The Balaban J connectivity index is 1.62. The number of aryl methyl sites for hydroxylation is 1. The first-order valence-corrected chi connectivity index (χ1v) is 10.3. The molecule has 1 atom stereocenters. The number of halogens is 6. The number of H-pyrrole nitrogens is 1. The lowest BCUT2D eigenvalue weighted by molar-refractivity contribution is -0.274. The minimum Gasteiger partial charge on any atom is -0.457 e. The van der Waals surface area contributed by atoms with Crippen molar-refractivity contribution in [2.24, 2.45) is 7.05 Å². The summed E-state index contributed by atoms with van der Waals surface area (Å²) < 4.78 is 86.5. The molecule has 4 rings (SSSR count). The number of nitrogens with zero attached hydrogens (tertiary/aromatic N) is 3. The van der Waals surface area contributed by atoms with Crippen molar-refractivity contribution in [2.75, 3.05) is 0 Å². The van der Waals surface area contributed by atoms with E-state index < -0.39 is 42.2 Å². The molecule has 4 aromatic rings. The van der Waals surface area contributed by atoms with Crippen LogP contribution < -0.4 is 20.7 Å². The van der Waals surface area contributed by atoms with Crippen molar-refractivity contribution >= 4 is 11.2 Å². The second kappa shape index (κ2) is 9.31. The SMILES string of the molecule is Cn1c(-c2ccc(Oc3ccc(OC(F)(F)F)cc3)cc2)nc2c1c(=O)[nH]c(=O)n2CC(O)C(F)(F)F. The molecule has 2 heterocycles. The molecular formula is C22H16F6N4O5. The number of imidazole rings is 1. The van der Waals surface area contributed by atoms with Gasteiger partial charge in [0.2, 0.25) is 0 Å². The van der Waals surface area contributed by atoms with E-state index in [1.54, 1.807) is 0 Å². The minimum absolute atomic E-state index is 0.126. The first kappa shape index (κ1) is 25.8. The van der Waals surface area contributed by atoms with Crippen LogP contribution in [0.3, 0.4) is 0 Å². The highest BCUT2D eigenvalue weighted by molar-refractivity contribution is 5.77. The highest BCUT2D eigenvalue weighted by Crippen LogP contribution is 2.29. The van der Waals surface area contributed by atoms with Crippen LogP contribution in [0.4, 0.5) is 26.3 Å². The fraction of sp³-hybridized carbons (Fsp3) is 0.227. The van der Waals surface area contributed by atoms with Crippen LogP contribution in [0.25, 0.3) is 22.6 Å². The number of aromatic amines is 1. The zero-order chi connectivity index (χ0) is 27.1. The summed E-state index contributed by atoms with van der Waals surface area (Å²) in [6.07, 6.45) is -12.7. The molecule has 0 amide bonds. The van der Waals surface area contributed by atoms with E-state index in [4.69, 9.17) is 4.74 Å². The van der Waals surface area contributed by atoms with Gasteiger partial charge in [-0.05, 0) is 48.5 Å². The number of fused-ring (bicyclic) bond motifs is 1. The Labute approximate surface area is 202 Å². The molecule has 9 nitrogen and oxygen atoms in total. The van der Waals surface area contributed by atoms with Gasteiger partial charge in [0.05, 0.1) is 6.54 Å². The fourth-order valence-corrected chi connectivity index (χ4v) is 3.47. The van der Waals surface area contributed by atoms with Crippen molar-refractivity contribution in [3.63, 3.8) is 0 Å². The number of benzene rings is 2. The molecule has 1 unspecified atom stereocenters. The summed E-state index contributed by atoms with van der Waals surface area (Å²) in [5, 5.41) is 9.42. The first-order valence-electron chi connectivity index (χ1n) is 10.3. The standard InChI is InChI=1S/C22H16F6N4O5/c1-31-16-18(32(20(35)30-19(16)34)10-15(33)21(23,24)25)29-17(31)11-2-4-12(5-3-11)36-13-6-8-14(9-7-13)37-22(26,27)28/h2-9,15,33H,10H2,1H3,(H,30,34,35). The van der Waals surface area contributed by atoms with E-state index in [2.05, 4.69) is 9.72 Å². The van der Waals surface area contributed by atoms with Gasteiger partial charge in [0.15, 0.2) is 17.3 Å². The van der Waals surface area contributed by atoms with Crippen molar-refractivity contribution in [3.05, 3.63) is 69.4 Å². The van der Waals surface area contributed by atoms with E-state index in [1.165, 1.54) is 48.0 Å². The van der Waals surface area contributed by atoms with Crippen LogP contribution in [0.2, 0.25) is 0 Å². The van der Waals surface area contributed by atoms with Crippen LogP contribution >= 0.6 is 0 Å². The number of nitrogens with one attached hydrogen (secondary N) is 1. The summed E-state index contributed by atoms with van der Waals surface area (Å²) in [5.41, 5.74) is -2.19. The topological polar surface area (TPSA) is 111 Å². The molecule has 0 aliphatic rings. The van der Waals surface area contributed by atoms with Gasteiger partial charge in [0.1, 0.15) is 23.1 Å². The quantitative estimate of drug-likeness (QED) is 0.368. The molecule has 0 saturated carbocycles. The third-order valence-corrected chi connectivity index (χ3v) is 5.15. The van der Waals surface area contributed by atoms with Crippen molar-refractivity contribution in [1.29, 1.82) is 0 Å². The molecular weight excluding hydrogens is 514 g/mol. The number of hydrogen-bond donors (Lipinski definition) is 2. The maximum atomic E-state index is 12.8. The Kier molecular flexibility index (Phi) is 6.50. The Morgan fingerprint density at radius 2 is 1.49 bits per heavy atom. The minimum atomic E-state index is -5.00. The summed E-state index contributed by atoms with van der Waals surface area (Å²) >= 11 is 0. The van der Waals surface area contributed by atoms with Crippen LogP contribution in [0, 0.1) is 0 Å². The number of aliphatic hydroxyl groups is 1. The van der Waals surface area contributed by atoms with Crippen molar-refractivity contribution in [2.45, 2.75) is 25.2 Å². The highest BCUT2D eigenvalue weighted by Gasteiger charge is 2.39. The average Bonchev–Trinajstić information content (AvgIpc) is 3.14. The summed E-state index contributed by atoms with van der Waals surface area (Å²) in [5.74, 6) is 0.202. The van der Waals surface area contributed by atoms with E-state index >= 15 is 0 Å². The predicted octanol–water partition coefficient (Wildman–Crippen LogP) is 3.70. The Bertz CT molecular complexity index is 1540. The average molecular weight is 530 g/mol. The van der Waals surface area contributed by atoms with E-state index in [0.717, 1.165) is 12.1 Å². The Morgan fingerprint density at radius 3 is 2.03 bits per heavy atom. The lowest BCUT2D eigenvalue weighted by atomic mass is 10.2. The molecule has 0 aliphatic carbocycles. The smallest absolute Gasteiger partial charge is 0.457 e. The van der Waals surface area contributed by atoms with Crippen molar-refractivity contribution < 1.29 is 40.9 Å². The van der Waals surface area contributed by atoms with Crippen LogP contribution in [0.15, 0.2) is 58.1 Å². The van der Waals surface area contributed by atoms with Crippen LogP contribution in [0.5, 0.6) is 17.2 Å². The van der Waals surface area contributed by atoms with Gasteiger partial charge in [-0.25, -0.2) is 9.78 Å². The van der Waals surface area contributed by atoms with Gasteiger partial charge in [0, 0.05) is 12.6 Å². The van der Waals surface area contributed by atoms with Gasteiger partial charge in [-0.1, -0.05) is 0 Å². The largest absolute Gasteiger partial charge is 0.573 e. The van der Waals surface area contributed by atoms with Gasteiger partial charge in [-0.15, -0.1) is 13.2 Å². The molecule has 0 aliphatic heterocycles. The van der Waals surface area contributed by atoms with Gasteiger partial charge >= 0.3 is 18.2 Å². The maximum absolute atomic E-state index is 12.8. The molecule has 2 N–H and O–H groups in total. The van der Waals surface area contributed by atoms with E-state index in [-0.39, 0.29) is 28.5 Å². The molecule has 2 aromatic heterocycles. The normalized spacial score (nSPS) is 13.1. The third kappa shape index (κ3) is 5.61. The number of ether oxygens (including phenoxy) is 2. The zero-order valence-electron chi connectivity index (χ0n) is 18.6. The monoisotopic (exact) mass is 530 g/mol. The lowest BCUT2D eigenvalue weighted by Gasteiger charge is -2.15. The van der Waals surface area contributed by atoms with E-state index in [1.807, 2.05) is 4.98 Å². The predicted molar refractivity (Wildman–Crippen MR) is 116 cm³/mol. The Hall–Kier alpha value is -4.27. The lowest BCUT2D eigenvalue weighted by Crippen LogP contribution is -2.39. The zero-order valence-corrected chi connectivity index (χ0v) is 18.6. The second-order valence-corrected chi connectivity index (χ2v) is 7.74. The van der Waals surface area contributed by atoms with Crippen LogP contribution in [-0.2, 0) is 13.6 Å². The van der Waals surface area contributed by atoms with E-state index in [0.29, 0.717) is 10.1 Å². The molecule has 15 heteroatoms. The fourth-order valence-electron chi connectivity index (χ4n) is 3.47. The summed E-state index contributed by atoms with van der Waals surface area (Å²) in [6.45, 7) is -1.17. The highest BCUT2D eigenvalue weighted by atomic mass is 19.4. The molecule has 0 fully saturated rings. The summed E-state index contributed by atoms with van der Waals surface area (Å²) in [7, 11) is 1.42. The molecule has 0 bridgehead atoms. The molecule has 37 heavy (non-hydrogen) atoms. The van der Waals surface area contributed by atoms with Gasteiger partial charge in [-0.3, -0.25) is 14.3 Å². The molecule has 0 saturated heterocycles. The van der Waals surface area contributed by atoms with Gasteiger partial charge in [0.25, 0.3) is 5.56 Å². The van der Waals surface area contributed by atoms with E-state index in [9.17, 15) is 41.0 Å². The number of alkyl halides is 6.